The van der Waals surface area contributed by atoms with Gasteiger partial charge in [-0.1, -0.05) is 50.1 Å². The van der Waals surface area contributed by atoms with E-state index in [0.29, 0.717) is 18.6 Å². The highest BCUT2D eigenvalue weighted by atomic mass is 16.5. The largest absolute Gasteiger partial charge is 0.497 e. The molecule has 3 saturated carbocycles. The van der Waals surface area contributed by atoms with Crippen LogP contribution in [0.25, 0.3) is 0 Å². The molecule has 3 heteroatoms. The number of methoxy groups -OCH3 is 1. The molecule has 29 heavy (non-hydrogen) atoms. The molecule has 5 rings (SSSR count). The first-order valence-corrected chi connectivity index (χ1v) is 11.0. The fraction of sp³-hybridized carbons (Fsp3) is 0.538. The van der Waals surface area contributed by atoms with Crippen molar-refractivity contribution in [1.29, 1.82) is 0 Å². The molecular weight excluding hydrogens is 360 g/mol. The van der Waals surface area contributed by atoms with Gasteiger partial charge in [-0.3, -0.25) is 9.59 Å². The smallest absolute Gasteiger partial charge is 0.141 e. The molecule has 0 spiro atoms. The Morgan fingerprint density at radius 3 is 2.52 bits per heavy atom. The quantitative estimate of drug-likeness (QED) is 0.676. The van der Waals surface area contributed by atoms with Gasteiger partial charge in [-0.15, -0.1) is 6.58 Å². The lowest BCUT2D eigenvalue weighted by atomic mass is 9.52. The number of Topliss-reactive ketones (excluding diaryl/α,β-unsaturated/α-hetero) is 2. The van der Waals surface area contributed by atoms with Crippen molar-refractivity contribution in [2.45, 2.75) is 50.9 Å². The van der Waals surface area contributed by atoms with E-state index in [0.717, 1.165) is 37.0 Å². The maximum Gasteiger partial charge on any atom is 0.141 e. The Morgan fingerprint density at radius 1 is 1.10 bits per heavy atom. The summed E-state index contributed by atoms with van der Waals surface area (Å²) in [7, 11) is 1.67. The van der Waals surface area contributed by atoms with Crippen LogP contribution in [0.2, 0.25) is 0 Å². The molecule has 3 fully saturated rings. The molecule has 1 aromatic rings. The van der Waals surface area contributed by atoms with Crippen LogP contribution >= 0.6 is 0 Å². The minimum absolute atomic E-state index is 0.101. The van der Waals surface area contributed by atoms with Crippen molar-refractivity contribution < 1.29 is 14.3 Å². The highest BCUT2D eigenvalue weighted by molar-refractivity contribution is 6.01. The van der Waals surface area contributed by atoms with Crippen LogP contribution in [-0.4, -0.2) is 18.7 Å². The third kappa shape index (κ3) is 2.04. The maximum absolute atomic E-state index is 13.9. The van der Waals surface area contributed by atoms with Gasteiger partial charge in [0.05, 0.1) is 7.11 Å². The number of carbonyl (C=O) groups is 2. The van der Waals surface area contributed by atoms with Crippen LogP contribution in [0, 0.1) is 28.6 Å². The minimum atomic E-state index is -0.406. The van der Waals surface area contributed by atoms with E-state index in [2.05, 4.69) is 37.8 Å². The zero-order valence-corrected chi connectivity index (χ0v) is 17.4. The van der Waals surface area contributed by atoms with Crippen LogP contribution in [0.1, 0.15) is 51.0 Å². The molecule has 4 aliphatic rings. The standard InChI is InChI=1S/C26H30O3/c1-4-7-17-16-20(27)21-22(23(17)28)26(18-8-10-19(29-3)11-9-18)15-14-25(21)13-6-5-12-24(25,26)2/h4,8-11,14-15,17,21-22H,1,5-7,12-13,16H2,2-3H3/t17-,21-,22-,24-,25-,26+/m0/s1. The Kier molecular flexibility index (Phi) is 4.01. The number of rotatable bonds is 4. The van der Waals surface area contributed by atoms with Crippen LogP contribution < -0.4 is 4.74 Å². The third-order valence-corrected chi connectivity index (χ3v) is 9.00. The molecule has 4 aliphatic carbocycles. The topological polar surface area (TPSA) is 43.4 Å². The first-order chi connectivity index (χ1) is 13.9. The molecule has 0 aromatic heterocycles. The van der Waals surface area contributed by atoms with E-state index in [-0.39, 0.29) is 34.4 Å². The highest BCUT2D eigenvalue weighted by Crippen LogP contribution is 2.79. The second-order valence-corrected chi connectivity index (χ2v) is 9.76. The number of fused-ring (bicyclic) bond motifs is 2. The van der Waals surface area contributed by atoms with Crippen LogP contribution in [-0.2, 0) is 15.0 Å². The molecular formula is C26H30O3. The van der Waals surface area contributed by atoms with Crippen LogP contribution in [0.4, 0.5) is 0 Å². The van der Waals surface area contributed by atoms with Crippen molar-refractivity contribution >= 4 is 11.6 Å². The van der Waals surface area contributed by atoms with E-state index in [4.69, 9.17) is 4.74 Å². The van der Waals surface area contributed by atoms with Gasteiger partial charge < -0.3 is 4.74 Å². The Bertz CT molecular complexity index is 912. The molecule has 0 heterocycles. The second kappa shape index (κ2) is 6.17. The summed E-state index contributed by atoms with van der Waals surface area (Å²) in [6.45, 7) is 6.19. The average Bonchev–Trinajstić information content (AvgIpc) is 3.12. The molecule has 152 valence electrons. The Hall–Kier alpha value is -2.16. The fourth-order valence-corrected chi connectivity index (χ4v) is 7.79. The summed E-state index contributed by atoms with van der Waals surface area (Å²) >= 11 is 0. The predicted molar refractivity (Wildman–Crippen MR) is 113 cm³/mol. The van der Waals surface area contributed by atoms with Gasteiger partial charge in [-0.2, -0.15) is 0 Å². The van der Waals surface area contributed by atoms with E-state index in [1.165, 1.54) is 0 Å². The number of carbonyl (C=O) groups excluding carboxylic acids is 2. The zero-order chi connectivity index (χ0) is 20.4. The normalized spacial score (nSPS) is 42.5. The number of ether oxygens (including phenoxy) is 1. The molecule has 0 radical (unpaired) electrons. The van der Waals surface area contributed by atoms with Crippen LogP contribution in [0.3, 0.4) is 0 Å². The summed E-state index contributed by atoms with van der Waals surface area (Å²) in [5.74, 6) is 0.756. The third-order valence-electron chi connectivity index (χ3n) is 9.00. The van der Waals surface area contributed by atoms with Gasteiger partial charge in [0.1, 0.15) is 17.3 Å². The summed E-state index contributed by atoms with van der Waals surface area (Å²) in [6.07, 6.45) is 11.8. The number of hydrogen-bond acceptors (Lipinski definition) is 3. The van der Waals surface area contributed by atoms with Crippen molar-refractivity contribution in [2.24, 2.45) is 28.6 Å². The predicted octanol–water partition coefficient (Wildman–Crippen LogP) is 5.05. The van der Waals surface area contributed by atoms with Crippen molar-refractivity contribution in [2.75, 3.05) is 7.11 Å². The van der Waals surface area contributed by atoms with E-state index in [9.17, 15) is 9.59 Å². The summed E-state index contributed by atoms with van der Waals surface area (Å²) in [5.41, 5.74) is 0.476. The summed E-state index contributed by atoms with van der Waals surface area (Å²) in [4.78, 5) is 27.4. The van der Waals surface area contributed by atoms with E-state index < -0.39 is 5.41 Å². The molecule has 0 saturated heterocycles. The summed E-state index contributed by atoms with van der Waals surface area (Å²) in [6, 6.07) is 8.23. The van der Waals surface area contributed by atoms with Crippen molar-refractivity contribution in [1.82, 2.24) is 0 Å². The van der Waals surface area contributed by atoms with Crippen LogP contribution in [0.15, 0.2) is 49.1 Å². The SMILES string of the molecule is C=CC[C@H]1CC(=O)[C@H]2[C@@H](C1=O)[C@]1(c3ccc(OC)cc3)C=C[C@@]23CCCC[C@@]31C. The lowest BCUT2D eigenvalue weighted by molar-refractivity contribution is -0.144. The monoisotopic (exact) mass is 390 g/mol. The highest BCUT2D eigenvalue weighted by Gasteiger charge is 2.79. The van der Waals surface area contributed by atoms with Gasteiger partial charge in [0.15, 0.2) is 0 Å². The first kappa shape index (κ1) is 18.8. The summed E-state index contributed by atoms with van der Waals surface area (Å²) in [5, 5.41) is 0. The minimum Gasteiger partial charge on any atom is -0.497 e. The number of hydrogen-bond donors (Lipinski definition) is 0. The number of allylic oxidation sites excluding steroid dienone is 3. The molecule has 0 aliphatic heterocycles. The first-order valence-electron chi connectivity index (χ1n) is 11.0. The maximum atomic E-state index is 13.9. The lowest BCUT2D eigenvalue weighted by Crippen LogP contribution is -2.50. The second-order valence-electron chi connectivity index (χ2n) is 9.76. The number of ketones is 2. The van der Waals surface area contributed by atoms with Crippen molar-refractivity contribution in [3.63, 3.8) is 0 Å². The van der Waals surface area contributed by atoms with Gasteiger partial charge in [0, 0.05) is 35.0 Å². The van der Waals surface area contributed by atoms with Gasteiger partial charge in [0.25, 0.3) is 0 Å². The van der Waals surface area contributed by atoms with Gasteiger partial charge in [-0.05, 0) is 42.4 Å². The molecule has 3 nitrogen and oxygen atoms in total. The van der Waals surface area contributed by atoms with Crippen molar-refractivity contribution in [3.05, 3.63) is 54.6 Å². The molecule has 0 amide bonds. The molecule has 2 bridgehead atoms. The Balaban J connectivity index is 1.74. The molecule has 6 atom stereocenters. The Labute approximate surface area is 173 Å². The molecule has 1 aromatic carbocycles. The van der Waals surface area contributed by atoms with E-state index in [1.807, 2.05) is 12.1 Å². The van der Waals surface area contributed by atoms with Gasteiger partial charge >= 0.3 is 0 Å². The molecule has 0 unspecified atom stereocenters. The van der Waals surface area contributed by atoms with Crippen LogP contribution in [0.5, 0.6) is 5.75 Å². The van der Waals surface area contributed by atoms with Crippen molar-refractivity contribution in [3.8, 4) is 5.75 Å². The van der Waals surface area contributed by atoms with Gasteiger partial charge in [0.2, 0.25) is 0 Å². The Morgan fingerprint density at radius 2 is 1.83 bits per heavy atom. The zero-order valence-electron chi connectivity index (χ0n) is 17.4. The summed E-state index contributed by atoms with van der Waals surface area (Å²) < 4.78 is 5.38. The van der Waals surface area contributed by atoms with E-state index >= 15 is 0 Å². The fourth-order valence-electron chi connectivity index (χ4n) is 7.79. The van der Waals surface area contributed by atoms with E-state index in [1.54, 1.807) is 13.2 Å². The average molecular weight is 391 g/mol. The lowest BCUT2D eigenvalue weighted by Gasteiger charge is -2.50. The number of benzene rings is 1. The van der Waals surface area contributed by atoms with Gasteiger partial charge in [-0.25, -0.2) is 0 Å². The molecule has 0 N–H and O–H groups in total.